The van der Waals surface area contributed by atoms with Crippen molar-refractivity contribution in [3.63, 3.8) is 0 Å². The molecule has 0 amide bonds. The van der Waals surface area contributed by atoms with Gasteiger partial charge in [0.15, 0.2) is 11.3 Å². The fraction of sp³-hybridized carbons (Fsp3) is 0.250. The van der Waals surface area contributed by atoms with Crippen molar-refractivity contribution in [2.75, 3.05) is 7.11 Å². The molecule has 0 aliphatic rings. The SMILES string of the molecule is COC(=O)c1c(C(F)F)[nH]c([N+](=O)[O-])cc1=O. The molecule has 0 aromatic carbocycles. The molecule has 1 N–H and O–H groups in total. The molecule has 0 unspecified atom stereocenters. The predicted octanol–water partition coefficient (Wildman–Crippen LogP) is 1.01. The number of methoxy groups -OCH3 is 1. The van der Waals surface area contributed by atoms with Gasteiger partial charge in [-0.3, -0.25) is 4.79 Å². The Morgan fingerprint density at radius 2 is 2.18 bits per heavy atom. The smallest absolute Gasteiger partial charge is 0.346 e. The zero-order valence-corrected chi connectivity index (χ0v) is 8.40. The molecule has 1 rings (SSSR count). The van der Waals surface area contributed by atoms with Gasteiger partial charge in [-0.05, 0) is 4.92 Å². The van der Waals surface area contributed by atoms with Gasteiger partial charge in [0.25, 0.3) is 6.43 Å². The number of carbonyl (C=O) groups excluding carboxylic acids is 1. The monoisotopic (exact) mass is 248 g/mol. The number of pyridine rings is 1. The van der Waals surface area contributed by atoms with E-state index >= 15 is 0 Å². The summed E-state index contributed by atoms with van der Waals surface area (Å²) in [5, 5.41) is 10.4. The Hall–Kier alpha value is -2.32. The molecule has 0 aliphatic carbocycles. The molecular weight excluding hydrogens is 242 g/mol. The predicted molar refractivity (Wildman–Crippen MR) is 50.0 cm³/mol. The first-order valence-corrected chi connectivity index (χ1v) is 4.16. The molecule has 1 heterocycles. The van der Waals surface area contributed by atoms with Crippen LogP contribution in [0.3, 0.4) is 0 Å². The number of rotatable bonds is 3. The highest BCUT2D eigenvalue weighted by molar-refractivity contribution is 5.90. The summed E-state index contributed by atoms with van der Waals surface area (Å²) in [6.45, 7) is 0. The normalized spacial score (nSPS) is 10.4. The Morgan fingerprint density at radius 3 is 2.59 bits per heavy atom. The minimum Gasteiger partial charge on any atom is -0.465 e. The number of nitrogens with zero attached hydrogens (tertiary/aromatic N) is 1. The molecule has 0 saturated heterocycles. The van der Waals surface area contributed by atoms with Crippen LogP contribution in [0, 0.1) is 10.1 Å². The van der Waals surface area contributed by atoms with Gasteiger partial charge < -0.3 is 14.9 Å². The Morgan fingerprint density at radius 1 is 1.59 bits per heavy atom. The van der Waals surface area contributed by atoms with E-state index in [0.717, 1.165) is 7.11 Å². The van der Waals surface area contributed by atoms with Gasteiger partial charge in [-0.2, -0.15) is 0 Å². The first kappa shape index (κ1) is 12.7. The van der Waals surface area contributed by atoms with E-state index < -0.39 is 39.8 Å². The summed E-state index contributed by atoms with van der Waals surface area (Å²) >= 11 is 0. The number of carbonyl (C=O) groups is 1. The number of nitrogens with one attached hydrogen (secondary N) is 1. The molecule has 0 fully saturated rings. The maximum Gasteiger partial charge on any atom is 0.346 e. The molecule has 17 heavy (non-hydrogen) atoms. The standard InChI is InChI=1S/C8H6F2N2O5/c1-17-8(14)5-3(13)2-4(12(15)16)11-6(5)7(9)10/h2,7H,1H3,(H,11,13). The zero-order valence-electron chi connectivity index (χ0n) is 8.40. The highest BCUT2D eigenvalue weighted by Crippen LogP contribution is 2.21. The average molecular weight is 248 g/mol. The second kappa shape index (κ2) is 4.68. The van der Waals surface area contributed by atoms with Crippen LogP contribution in [0.1, 0.15) is 22.5 Å². The lowest BCUT2D eigenvalue weighted by Gasteiger charge is -2.04. The number of H-pyrrole nitrogens is 1. The summed E-state index contributed by atoms with van der Waals surface area (Å²) in [4.78, 5) is 33.4. The number of nitro groups is 1. The fourth-order valence-corrected chi connectivity index (χ4v) is 1.14. The van der Waals surface area contributed by atoms with E-state index in [4.69, 9.17) is 0 Å². The Balaban J connectivity index is 3.55. The fourth-order valence-electron chi connectivity index (χ4n) is 1.14. The topological polar surface area (TPSA) is 102 Å². The summed E-state index contributed by atoms with van der Waals surface area (Å²) in [5.41, 5.74) is -3.26. The van der Waals surface area contributed by atoms with Crippen molar-refractivity contribution < 1.29 is 23.2 Å². The van der Waals surface area contributed by atoms with Crippen LogP contribution in [0.2, 0.25) is 0 Å². The average Bonchev–Trinajstić information content (AvgIpc) is 2.26. The molecule has 0 saturated carbocycles. The maximum atomic E-state index is 12.5. The van der Waals surface area contributed by atoms with E-state index in [-0.39, 0.29) is 0 Å². The molecule has 0 spiro atoms. The molecule has 0 radical (unpaired) electrons. The van der Waals surface area contributed by atoms with Crippen LogP contribution in [-0.2, 0) is 4.74 Å². The van der Waals surface area contributed by atoms with Crippen LogP contribution in [0.5, 0.6) is 0 Å². The van der Waals surface area contributed by atoms with Gasteiger partial charge in [-0.15, -0.1) is 0 Å². The Kier molecular flexibility index (Phi) is 3.51. The van der Waals surface area contributed by atoms with Crippen molar-refractivity contribution in [2.24, 2.45) is 0 Å². The van der Waals surface area contributed by atoms with E-state index in [0.29, 0.717) is 6.07 Å². The van der Waals surface area contributed by atoms with Crippen LogP contribution in [0.25, 0.3) is 0 Å². The summed E-state index contributed by atoms with van der Waals surface area (Å²) in [6.07, 6.45) is -3.24. The van der Waals surface area contributed by atoms with Crippen molar-refractivity contribution in [1.82, 2.24) is 4.98 Å². The Labute approximate surface area is 92.2 Å². The second-order valence-electron chi connectivity index (χ2n) is 2.86. The lowest BCUT2D eigenvalue weighted by molar-refractivity contribution is -0.389. The van der Waals surface area contributed by atoms with Crippen LogP contribution >= 0.6 is 0 Å². The molecule has 0 aliphatic heterocycles. The number of ether oxygens (including phenoxy) is 1. The van der Waals surface area contributed by atoms with Gasteiger partial charge in [0.05, 0.1) is 13.2 Å². The number of hydrogen-bond acceptors (Lipinski definition) is 5. The minimum atomic E-state index is -3.24. The highest BCUT2D eigenvalue weighted by Gasteiger charge is 2.28. The van der Waals surface area contributed by atoms with E-state index in [1.165, 1.54) is 0 Å². The third kappa shape index (κ3) is 2.44. The van der Waals surface area contributed by atoms with Gasteiger partial charge in [0.2, 0.25) is 5.43 Å². The Bertz CT molecular complexity index is 525. The van der Waals surface area contributed by atoms with Crippen LogP contribution in [-0.4, -0.2) is 23.0 Å². The minimum absolute atomic E-state index is 0.443. The lowest BCUT2D eigenvalue weighted by atomic mass is 10.2. The maximum absolute atomic E-state index is 12.5. The lowest BCUT2D eigenvalue weighted by Crippen LogP contribution is -2.21. The van der Waals surface area contributed by atoms with E-state index in [2.05, 4.69) is 4.74 Å². The molecule has 9 heteroatoms. The molecular formula is C8H6F2N2O5. The van der Waals surface area contributed by atoms with Crippen LogP contribution in [0.15, 0.2) is 10.9 Å². The van der Waals surface area contributed by atoms with Crippen molar-refractivity contribution in [3.8, 4) is 0 Å². The molecule has 1 aromatic rings. The first-order valence-electron chi connectivity index (χ1n) is 4.16. The molecule has 0 bridgehead atoms. The van der Waals surface area contributed by atoms with Gasteiger partial charge in [0, 0.05) is 0 Å². The van der Waals surface area contributed by atoms with Crippen molar-refractivity contribution in [1.29, 1.82) is 0 Å². The summed E-state index contributed by atoms with van der Waals surface area (Å²) in [5.74, 6) is -2.20. The quantitative estimate of drug-likeness (QED) is 0.488. The largest absolute Gasteiger partial charge is 0.465 e. The van der Waals surface area contributed by atoms with E-state index in [9.17, 15) is 28.5 Å². The van der Waals surface area contributed by atoms with Gasteiger partial charge in [-0.25, -0.2) is 18.6 Å². The number of halogens is 2. The second-order valence-corrected chi connectivity index (χ2v) is 2.86. The summed E-state index contributed by atoms with van der Waals surface area (Å²) in [7, 11) is 0.901. The molecule has 7 nitrogen and oxygen atoms in total. The summed E-state index contributed by atoms with van der Waals surface area (Å²) < 4.78 is 29.2. The van der Waals surface area contributed by atoms with Gasteiger partial charge >= 0.3 is 11.8 Å². The van der Waals surface area contributed by atoms with Gasteiger partial charge in [-0.1, -0.05) is 0 Å². The number of aromatic nitrogens is 1. The van der Waals surface area contributed by atoms with Crippen molar-refractivity contribution in [2.45, 2.75) is 6.43 Å². The third-order valence-corrected chi connectivity index (χ3v) is 1.85. The van der Waals surface area contributed by atoms with Crippen molar-refractivity contribution >= 4 is 11.8 Å². The number of esters is 1. The van der Waals surface area contributed by atoms with Gasteiger partial charge in [0.1, 0.15) is 0 Å². The summed E-state index contributed by atoms with van der Waals surface area (Å²) in [6, 6.07) is 0.443. The highest BCUT2D eigenvalue weighted by atomic mass is 19.3. The zero-order chi connectivity index (χ0) is 13.2. The van der Waals surface area contributed by atoms with Crippen molar-refractivity contribution in [3.05, 3.63) is 37.7 Å². The molecule has 92 valence electrons. The van der Waals surface area contributed by atoms with E-state index in [1.54, 1.807) is 4.98 Å². The third-order valence-electron chi connectivity index (χ3n) is 1.85. The first-order chi connectivity index (χ1) is 7.88. The number of aromatic amines is 1. The van der Waals surface area contributed by atoms with Crippen LogP contribution < -0.4 is 5.43 Å². The van der Waals surface area contributed by atoms with Crippen LogP contribution in [0.4, 0.5) is 14.6 Å². The van der Waals surface area contributed by atoms with E-state index in [1.807, 2.05) is 0 Å². The molecule has 0 atom stereocenters. The molecule has 1 aromatic heterocycles. The number of hydrogen-bond donors (Lipinski definition) is 1. The number of alkyl halides is 2.